The van der Waals surface area contributed by atoms with Crippen LogP contribution in [0.3, 0.4) is 0 Å². The van der Waals surface area contributed by atoms with Gasteiger partial charge in [-0.15, -0.1) is 0 Å². The summed E-state index contributed by atoms with van der Waals surface area (Å²) in [7, 11) is 0. The molecule has 2 aromatic heterocycles. The van der Waals surface area contributed by atoms with Crippen molar-refractivity contribution in [3.63, 3.8) is 0 Å². The summed E-state index contributed by atoms with van der Waals surface area (Å²) in [4.78, 5) is 3.99. The lowest BCUT2D eigenvalue weighted by atomic mass is 10.3. The Kier molecular flexibility index (Phi) is 2.93. The SMILES string of the molecule is OC(CNc1cccc2nccn12)C(F)(F)F. The monoisotopic (exact) mass is 245 g/mol. The van der Waals surface area contributed by atoms with E-state index in [0.717, 1.165) is 0 Å². The maximum absolute atomic E-state index is 12.1. The summed E-state index contributed by atoms with van der Waals surface area (Å²) in [5, 5.41) is 11.4. The van der Waals surface area contributed by atoms with Gasteiger partial charge in [-0.05, 0) is 12.1 Å². The van der Waals surface area contributed by atoms with Crippen LogP contribution in [0, 0.1) is 0 Å². The molecular formula is C10H10F3N3O. The summed E-state index contributed by atoms with van der Waals surface area (Å²) in [6.45, 7) is -0.596. The van der Waals surface area contributed by atoms with Gasteiger partial charge in [0.2, 0.25) is 0 Å². The summed E-state index contributed by atoms with van der Waals surface area (Å²) in [6, 6.07) is 5.01. The molecule has 0 aliphatic rings. The van der Waals surface area contributed by atoms with E-state index in [-0.39, 0.29) is 0 Å². The van der Waals surface area contributed by atoms with Crippen molar-refractivity contribution in [3.05, 3.63) is 30.6 Å². The van der Waals surface area contributed by atoms with Crippen molar-refractivity contribution < 1.29 is 18.3 Å². The Bertz CT molecular complexity index is 509. The fourth-order valence-electron chi connectivity index (χ4n) is 1.41. The number of aromatic nitrogens is 2. The van der Waals surface area contributed by atoms with Crippen molar-refractivity contribution in [1.82, 2.24) is 9.38 Å². The number of aliphatic hydroxyl groups excluding tert-OH is 1. The molecule has 0 radical (unpaired) electrons. The lowest BCUT2D eigenvalue weighted by Crippen LogP contribution is -2.35. The number of anilines is 1. The normalized spacial score (nSPS) is 13.9. The highest BCUT2D eigenvalue weighted by molar-refractivity contribution is 5.49. The van der Waals surface area contributed by atoms with E-state index in [1.54, 1.807) is 35.0 Å². The Morgan fingerprint density at radius 2 is 2.18 bits per heavy atom. The van der Waals surface area contributed by atoms with E-state index in [0.29, 0.717) is 11.5 Å². The number of imidazole rings is 1. The van der Waals surface area contributed by atoms with Gasteiger partial charge in [0.15, 0.2) is 6.10 Å². The number of alkyl halides is 3. The first-order valence-electron chi connectivity index (χ1n) is 4.89. The molecule has 0 aliphatic heterocycles. The summed E-state index contributed by atoms with van der Waals surface area (Å²) < 4.78 is 37.9. The Balaban J connectivity index is 2.12. The number of halogens is 3. The fourth-order valence-corrected chi connectivity index (χ4v) is 1.41. The van der Waals surface area contributed by atoms with Crippen molar-refractivity contribution in [2.45, 2.75) is 12.3 Å². The first-order valence-corrected chi connectivity index (χ1v) is 4.89. The van der Waals surface area contributed by atoms with Crippen LogP contribution < -0.4 is 5.32 Å². The molecule has 2 rings (SSSR count). The minimum absolute atomic E-state index is 0.448. The van der Waals surface area contributed by atoms with Gasteiger partial charge in [0.1, 0.15) is 11.5 Å². The second-order valence-corrected chi connectivity index (χ2v) is 3.50. The highest BCUT2D eigenvalue weighted by Gasteiger charge is 2.37. The molecule has 0 bridgehead atoms. The molecular weight excluding hydrogens is 235 g/mol. The van der Waals surface area contributed by atoms with Gasteiger partial charge in [0.05, 0.1) is 6.54 Å². The van der Waals surface area contributed by atoms with Crippen molar-refractivity contribution in [1.29, 1.82) is 0 Å². The minimum atomic E-state index is -4.62. The van der Waals surface area contributed by atoms with E-state index in [4.69, 9.17) is 5.11 Å². The molecule has 7 heteroatoms. The van der Waals surface area contributed by atoms with Crippen LogP contribution >= 0.6 is 0 Å². The highest BCUT2D eigenvalue weighted by atomic mass is 19.4. The van der Waals surface area contributed by atoms with E-state index in [2.05, 4.69) is 10.3 Å². The van der Waals surface area contributed by atoms with E-state index >= 15 is 0 Å². The molecule has 17 heavy (non-hydrogen) atoms. The zero-order chi connectivity index (χ0) is 12.5. The Morgan fingerprint density at radius 3 is 2.88 bits per heavy atom. The molecule has 0 saturated heterocycles. The summed E-state index contributed by atoms with van der Waals surface area (Å²) in [5.74, 6) is 0.448. The maximum atomic E-state index is 12.1. The Hall–Kier alpha value is -1.76. The molecule has 0 spiro atoms. The Labute approximate surface area is 94.7 Å². The molecule has 2 aromatic rings. The van der Waals surface area contributed by atoms with E-state index in [1.165, 1.54) is 0 Å². The zero-order valence-corrected chi connectivity index (χ0v) is 8.65. The number of pyridine rings is 1. The van der Waals surface area contributed by atoms with E-state index < -0.39 is 18.8 Å². The van der Waals surface area contributed by atoms with Crippen molar-refractivity contribution in [2.75, 3.05) is 11.9 Å². The highest BCUT2D eigenvalue weighted by Crippen LogP contribution is 2.20. The van der Waals surface area contributed by atoms with Gasteiger partial charge in [-0.3, -0.25) is 4.40 Å². The largest absolute Gasteiger partial charge is 0.416 e. The van der Waals surface area contributed by atoms with Crippen molar-refractivity contribution in [3.8, 4) is 0 Å². The van der Waals surface area contributed by atoms with Crippen LogP contribution in [-0.2, 0) is 0 Å². The predicted molar refractivity (Wildman–Crippen MR) is 55.7 cm³/mol. The van der Waals surface area contributed by atoms with Crippen LogP contribution in [0.1, 0.15) is 0 Å². The van der Waals surface area contributed by atoms with Gasteiger partial charge >= 0.3 is 6.18 Å². The van der Waals surface area contributed by atoms with Crippen LogP contribution in [-0.4, -0.2) is 33.3 Å². The average Bonchev–Trinajstić information content (AvgIpc) is 2.72. The van der Waals surface area contributed by atoms with Crippen LogP contribution in [0.25, 0.3) is 5.65 Å². The molecule has 4 nitrogen and oxygen atoms in total. The number of hydrogen-bond donors (Lipinski definition) is 2. The van der Waals surface area contributed by atoms with Gasteiger partial charge < -0.3 is 10.4 Å². The zero-order valence-electron chi connectivity index (χ0n) is 8.65. The number of nitrogens with zero attached hydrogens (tertiary/aromatic N) is 2. The summed E-state index contributed by atoms with van der Waals surface area (Å²) in [6.07, 6.45) is -3.84. The number of rotatable bonds is 3. The molecule has 2 heterocycles. The topological polar surface area (TPSA) is 49.6 Å². The molecule has 1 atom stereocenters. The predicted octanol–water partition coefficient (Wildman–Crippen LogP) is 1.67. The van der Waals surface area contributed by atoms with Crippen LogP contribution in [0.5, 0.6) is 0 Å². The lowest BCUT2D eigenvalue weighted by molar-refractivity contribution is -0.198. The molecule has 0 fully saturated rings. The van der Waals surface area contributed by atoms with Gasteiger partial charge in [-0.2, -0.15) is 13.2 Å². The molecule has 0 amide bonds. The molecule has 0 aromatic carbocycles. The standard InChI is InChI=1S/C10H10F3N3O/c11-10(12,13)7(17)6-15-9-3-1-2-8-14-4-5-16(8)9/h1-5,7,15,17H,6H2. The van der Waals surface area contributed by atoms with Crippen molar-refractivity contribution in [2.24, 2.45) is 0 Å². The van der Waals surface area contributed by atoms with Crippen LogP contribution in [0.4, 0.5) is 19.0 Å². The second-order valence-electron chi connectivity index (χ2n) is 3.50. The third-order valence-corrected chi connectivity index (χ3v) is 2.28. The summed E-state index contributed by atoms with van der Waals surface area (Å²) in [5.41, 5.74) is 0.622. The number of nitrogens with one attached hydrogen (secondary N) is 1. The second kappa shape index (κ2) is 4.25. The number of hydrogen-bond acceptors (Lipinski definition) is 3. The molecule has 0 saturated carbocycles. The average molecular weight is 245 g/mol. The lowest BCUT2D eigenvalue weighted by Gasteiger charge is -2.16. The first kappa shape index (κ1) is 11.7. The summed E-state index contributed by atoms with van der Waals surface area (Å²) >= 11 is 0. The van der Waals surface area contributed by atoms with Gasteiger partial charge in [-0.1, -0.05) is 6.07 Å². The minimum Gasteiger partial charge on any atom is -0.382 e. The number of aliphatic hydroxyl groups is 1. The smallest absolute Gasteiger partial charge is 0.382 e. The van der Waals surface area contributed by atoms with Crippen LogP contribution in [0.2, 0.25) is 0 Å². The molecule has 1 unspecified atom stereocenters. The molecule has 92 valence electrons. The Morgan fingerprint density at radius 1 is 1.41 bits per heavy atom. The fraction of sp³-hybridized carbons (Fsp3) is 0.300. The first-order chi connectivity index (χ1) is 7.98. The molecule has 0 aliphatic carbocycles. The van der Waals surface area contributed by atoms with Crippen LogP contribution in [0.15, 0.2) is 30.6 Å². The number of fused-ring (bicyclic) bond motifs is 1. The quantitative estimate of drug-likeness (QED) is 0.864. The van der Waals surface area contributed by atoms with Gasteiger partial charge in [0.25, 0.3) is 0 Å². The van der Waals surface area contributed by atoms with E-state index in [1.807, 2.05) is 0 Å². The van der Waals surface area contributed by atoms with E-state index in [9.17, 15) is 13.2 Å². The maximum Gasteiger partial charge on any atom is 0.416 e. The van der Waals surface area contributed by atoms with Crippen molar-refractivity contribution >= 4 is 11.5 Å². The molecule has 2 N–H and O–H groups in total. The van der Waals surface area contributed by atoms with Gasteiger partial charge in [0, 0.05) is 12.4 Å². The van der Waals surface area contributed by atoms with Gasteiger partial charge in [-0.25, -0.2) is 4.98 Å². The third-order valence-electron chi connectivity index (χ3n) is 2.28. The third kappa shape index (κ3) is 2.50.